The number of nitrogens with two attached hydrogens (primary N) is 1. The molecular weight excluding hydrogens is 146 g/mol. The Morgan fingerprint density at radius 1 is 1.08 bits per heavy atom. The standard InChI is InChI=1S/C11H21N/c12-7-4-10-8-11(9-10)5-2-1-3-6-11/h10H,1-9,12H2. The summed E-state index contributed by atoms with van der Waals surface area (Å²) in [6.07, 6.45) is 11.8. The van der Waals surface area contributed by atoms with E-state index in [0.717, 1.165) is 17.9 Å². The van der Waals surface area contributed by atoms with E-state index >= 15 is 0 Å². The van der Waals surface area contributed by atoms with Gasteiger partial charge in [-0.3, -0.25) is 0 Å². The molecule has 1 spiro atoms. The molecule has 0 aromatic rings. The summed E-state index contributed by atoms with van der Waals surface area (Å²) in [7, 11) is 0. The molecule has 0 aromatic heterocycles. The minimum atomic E-state index is 0.818. The number of hydrogen-bond acceptors (Lipinski definition) is 1. The molecule has 2 aliphatic rings. The van der Waals surface area contributed by atoms with Crippen LogP contribution in [0.25, 0.3) is 0 Å². The summed E-state index contributed by atoms with van der Waals surface area (Å²) in [4.78, 5) is 0. The van der Waals surface area contributed by atoms with E-state index in [0.29, 0.717) is 0 Å². The highest BCUT2D eigenvalue weighted by atomic mass is 14.6. The molecule has 2 rings (SSSR count). The van der Waals surface area contributed by atoms with Crippen LogP contribution >= 0.6 is 0 Å². The Kier molecular flexibility index (Phi) is 2.40. The van der Waals surface area contributed by atoms with Gasteiger partial charge in [0.25, 0.3) is 0 Å². The SMILES string of the molecule is NCCC1CC2(CCCCC2)C1. The molecule has 0 radical (unpaired) electrons. The van der Waals surface area contributed by atoms with Crippen LogP contribution in [0, 0.1) is 11.3 Å². The predicted molar refractivity (Wildman–Crippen MR) is 51.9 cm³/mol. The largest absolute Gasteiger partial charge is 0.330 e. The molecule has 1 nitrogen and oxygen atoms in total. The molecular formula is C11H21N. The second-order valence-corrected chi connectivity index (χ2v) is 4.91. The Bertz CT molecular complexity index is 139. The van der Waals surface area contributed by atoms with Gasteiger partial charge in [0.15, 0.2) is 0 Å². The molecule has 70 valence electrons. The minimum absolute atomic E-state index is 0.818. The topological polar surface area (TPSA) is 26.0 Å². The summed E-state index contributed by atoms with van der Waals surface area (Å²) in [6.45, 7) is 0.904. The van der Waals surface area contributed by atoms with E-state index < -0.39 is 0 Å². The lowest BCUT2D eigenvalue weighted by Crippen LogP contribution is -2.39. The van der Waals surface area contributed by atoms with Crippen molar-refractivity contribution in [3.63, 3.8) is 0 Å². The molecule has 2 saturated carbocycles. The third-order valence-corrected chi connectivity index (χ3v) is 3.93. The van der Waals surface area contributed by atoms with E-state index in [4.69, 9.17) is 5.73 Å². The average Bonchev–Trinajstić information content (AvgIpc) is 2.04. The summed E-state index contributed by atoms with van der Waals surface area (Å²) in [5.41, 5.74) is 6.37. The van der Waals surface area contributed by atoms with Crippen molar-refractivity contribution >= 4 is 0 Å². The summed E-state index contributed by atoms with van der Waals surface area (Å²) in [5.74, 6) is 0.994. The Balaban J connectivity index is 1.77. The van der Waals surface area contributed by atoms with Crippen molar-refractivity contribution < 1.29 is 0 Å². The maximum absolute atomic E-state index is 5.56. The Labute approximate surface area is 75.7 Å². The Hall–Kier alpha value is -0.0400. The summed E-state index contributed by atoms with van der Waals surface area (Å²) in [6, 6.07) is 0. The van der Waals surface area contributed by atoms with Crippen LogP contribution in [-0.4, -0.2) is 6.54 Å². The first kappa shape index (κ1) is 8.55. The van der Waals surface area contributed by atoms with Crippen LogP contribution in [-0.2, 0) is 0 Å². The molecule has 0 bridgehead atoms. The molecule has 2 aliphatic carbocycles. The molecule has 0 atom stereocenters. The van der Waals surface area contributed by atoms with Crippen LogP contribution in [0.4, 0.5) is 0 Å². The average molecular weight is 167 g/mol. The first-order valence-electron chi connectivity index (χ1n) is 5.55. The summed E-state index contributed by atoms with van der Waals surface area (Å²) < 4.78 is 0. The highest BCUT2D eigenvalue weighted by molar-refractivity contribution is 4.94. The first-order valence-corrected chi connectivity index (χ1v) is 5.55. The van der Waals surface area contributed by atoms with Crippen molar-refractivity contribution in [2.24, 2.45) is 17.1 Å². The van der Waals surface area contributed by atoms with E-state index in [1.54, 1.807) is 0 Å². The fraction of sp³-hybridized carbons (Fsp3) is 1.00. The normalized spacial score (nSPS) is 28.8. The molecule has 2 N–H and O–H groups in total. The second kappa shape index (κ2) is 3.37. The lowest BCUT2D eigenvalue weighted by atomic mass is 9.55. The molecule has 0 saturated heterocycles. The van der Waals surface area contributed by atoms with Gasteiger partial charge in [-0.1, -0.05) is 19.3 Å². The fourth-order valence-electron chi connectivity index (χ4n) is 3.31. The quantitative estimate of drug-likeness (QED) is 0.672. The van der Waals surface area contributed by atoms with Gasteiger partial charge in [-0.15, -0.1) is 0 Å². The lowest BCUT2D eigenvalue weighted by Gasteiger charge is -2.50. The van der Waals surface area contributed by atoms with Gasteiger partial charge in [0, 0.05) is 0 Å². The molecule has 0 amide bonds. The molecule has 2 fully saturated rings. The van der Waals surface area contributed by atoms with Crippen LogP contribution < -0.4 is 5.73 Å². The lowest BCUT2D eigenvalue weighted by molar-refractivity contribution is 0.0121. The fourth-order valence-corrected chi connectivity index (χ4v) is 3.31. The van der Waals surface area contributed by atoms with Gasteiger partial charge in [-0.2, -0.15) is 0 Å². The van der Waals surface area contributed by atoms with Crippen LogP contribution in [0.1, 0.15) is 51.4 Å². The Morgan fingerprint density at radius 3 is 2.33 bits per heavy atom. The molecule has 0 heterocycles. The van der Waals surface area contributed by atoms with E-state index in [2.05, 4.69) is 0 Å². The van der Waals surface area contributed by atoms with Gasteiger partial charge in [0.1, 0.15) is 0 Å². The van der Waals surface area contributed by atoms with Gasteiger partial charge in [-0.25, -0.2) is 0 Å². The third kappa shape index (κ3) is 1.52. The smallest absolute Gasteiger partial charge is 0.00746 e. The van der Waals surface area contributed by atoms with Crippen molar-refractivity contribution in [3.8, 4) is 0 Å². The van der Waals surface area contributed by atoms with Gasteiger partial charge in [-0.05, 0) is 50.0 Å². The number of rotatable bonds is 2. The second-order valence-electron chi connectivity index (χ2n) is 4.91. The molecule has 12 heavy (non-hydrogen) atoms. The van der Waals surface area contributed by atoms with E-state index in [9.17, 15) is 0 Å². The van der Waals surface area contributed by atoms with Gasteiger partial charge in [0.05, 0.1) is 0 Å². The van der Waals surface area contributed by atoms with Crippen molar-refractivity contribution in [2.45, 2.75) is 51.4 Å². The van der Waals surface area contributed by atoms with Crippen LogP contribution in [0.5, 0.6) is 0 Å². The summed E-state index contributed by atoms with van der Waals surface area (Å²) >= 11 is 0. The first-order chi connectivity index (χ1) is 5.85. The van der Waals surface area contributed by atoms with Crippen molar-refractivity contribution in [2.75, 3.05) is 6.54 Å². The zero-order valence-electron chi connectivity index (χ0n) is 8.02. The molecule has 0 aliphatic heterocycles. The monoisotopic (exact) mass is 167 g/mol. The molecule has 1 heteroatoms. The van der Waals surface area contributed by atoms with E-state index in [-0.39, 0.29) is 0 Å². The van der Waals surface area contributed by atoms with Crippen LogP contribution in [0.15, 0.2) is 0 Å². The zero-order valence-corrected chi connectivity index (χ0v) is 8.02. The van der Waals surface area contributed by atoms with E-state index in [1.807, 2.05) is 0 Å². The van der Waals surface area contributed by atoms with Gasteiger partial charge < -0.3 is 5.73 Å². The molecule has 0 unspecified atom stereocenters. The summed E-state index contributed by atoms with van der Waals surface area (Å²) in [5, 5.41) is 0. The highest BCUT2D eigenvalue weighted by Gasteiger charge is 2.43. The number of hydrogen-bond donors (Lipinski definition) is 1. The van der Waals surface area contributed by atoms with Gasteiger partial charge in [0.2, 0.25) is 0 Å². The zero-order chi connectivity index (χ0) is 8.44. The van der Waals surface area contributed by atoms with Crippen LogP contribution in [0.2, 0.25) is 0 Å². The van der Waals surface area contributed by atoms with Crippen LogP contribution in [0.3, 0.4) is 0 Å². The van der Waals surface area contributed by atoms with Crippen molar-refractivity contribution in [3.05, 3.63) is 0 Å². The Morgan fingerprint density at radius 2 is 1.75 bits per heavy atom. The van der Waals surface area contributed by atoms with Gasteiger partial charge >= 0.3 is 0 Å². The van der Waals surface area contributed by atoms with E-state index in [1.165, 1.54) is 51.4 Å². The third-order valence-electron chi connectivity index (χ3n) is 3.93. The van der Waals surface area contributed by atoms with Crippen molar-refractivity contribution in [1.29, 1.82) is 0 Å². The van der Waals surface area contributed by atoms with Crippen molar-refractivity contribution in [1.82, 2.24) is 0 Å². The minimum Gasteiger partial charge on any atom is -0.330 e. The maximum Gasteiger partial charge on any atom is -0.00746 e. The maximum atomic E-state index is 5.56. The predicted octanol–water partition coefficient (Wildman–Crippen LogP) is 2.70. The highest BCUT2D eigenvalue weighted by Crippen LogP contribution is 2.55. The molecule has 0 aromatic carbocycles.